The molecular formula is C14H20N2O4. The van der Waals surface area contributed by atoms with Crippen LogP contribution >= 0.6 is 0 Å². The summed E-state index contributed by atoms with van der Waals surface area (Å²) in [6.45, 7) is 2.22. The summed E-state index contributed by atoms with van der Waals surface area (Å²) in [6, 6.07) is 4.54. The molecule has 0 saturated carbocycles. The predicted octanol–water partition coefficient (Wildman–Crippen LogP) is 2.40. The van der Waals surface area contributed by atoms with Crippen LogP contribution in [0.25, 0.3) is 0 Å². The smallest absolute Gasteiger partial charge is 0.293 e. The van der Waals surface area contributed by atoms with Crippen molar-refractivity contribution in [1.82, 2.24) is 0 Å². The monoisotopic (exact) mass is 280 g/mol. The molecule has 0 bridgehead atoms. The first-order valence-electron chi connectivity index (χ1n) is 6.58. The number of hydrogen-bond acceptors (Lipinski definition) is 5. The van der Waals surface area contributed by atoms with E-state index in [0.29, 0.717) is 17.8 Å². The van der Waals surface area contributed by atoms with E-state index in [0.717, 1.165) is 19.3 Å². The van der Waals surface area contributed by atoms with Gasteiger partial charge in [0.15, 0.2) is 5.78 Å². The number of nitro groups is 1. The molecule has 0 aliphatic heterocycles. The van der Waals surface area contributed by atoms with E-state index < -0.39 is 4.92 Å². The molecule has 0 atom stereocenters. The fraction of sp³-hybridized carbons (Fsp3) is 0.500. The first kappa shape index (κ1) is 16.1. The van der Waals surface area contributed by atoms with E-state index in [1.165, 1.54) is 13.0 Å². The van der Waals surface area contributed by atoms with E-state index in [1.54, 1.807) is 24.1 Å². The average molecular weight is 280 g/mol. The molecule has 0 unspecified atom stereocenters. The van der Waals surface area contributed by atoms with Gasteiger partial charge < -0.3 is 10.0 Å². The number of anilines is 1. The molecule has 0 heterocycles. The van der Waals surface area contributed by atoms with E-state index in [4.69, 9.17) is 5.11 Å². The second kappa shape index (κ2) is 7.59. The Labute approximate surface area is 118 Å². The molecule has 1 aromatic rings. The quantitative estimate of drug-likeness (QED) is 0.342. The van der Waals surface area contributed by atoms with Crippen LogP contribution in [0.1, 0.15) is 36.5 Å². The summed E-state index contributed by atoms with van der Waals surface area (Å²) in [7, 11) is 1.79. The highest BCUT2D eigenvalue weighted by atomic mass is 16.6. The number of unbranched alkanes of at least 4 members (excludes halogenated alkanes) is 2. The molecule has 0 fully saturated rings. The highest BCUT2D eigenvalue weighted by molar-refractivity contribution is 5.95. The second-order valence-corrected chi connectivity index (χ2v) is 4.72. The molecule has 6 nitrogen and oxygen atoms in total. The van der Waals surface area contributed by atoms with Crippen molar-refractivity contribution < 1.29 is 14.8 Å². The molecule has 0 aromatic heterocycles. The van der Waals surface area contributed by atoms with Gasteiger partial charge in [-0.05, 0) is 38.3 Å². The first-order valence-corrected chi connectivity index (χ1v) is 6.58. The Morgan fingerprint density at radius 2 is 2.05 bits per heavy atom. The van der Waals surface area contributed by atoms with Crippen molar-refractivity contribution >= 4 is 17.2 Å². The van der Waals surface area contributed by atoms with Crippen molar-refractivity contribution in [3.05, 3.63) is 33.9 Å². The van der Waals surface area contributed by atoms with E-state index in [9.17, 15) is 14.9 Å². The molecule has 0 amide bonds. The van der Waals surface area contributed by atoms with Crippen molar-refractivity contribution in [2.75, 3.05) is 25.1 Å². The van der Waals surface area contributed by atoms with Crippen molar-refractivity contribution in [3.63, 3.8) is 0 Å². The number of aliphatic hydroxyl groups excluding tert-OH is 1. The number of Topliss-reactive ketones (excluding diaryl/α,β-unsaturated/α-hetero) is 1. The number of carbonyl (C=O) groups is 1. The Hall–Kier alpha value is -1.95. The van der Waals surface area contributed by atoms with Crippen LogP contribution in [0.5, 0.6) is 0 Å². The zero-order chi connectivity index (χ0) is 15.1. The van der Waals surface area contributed by atoms with Gasteiger partial charge in [0.1, 0.15) is 5.69 Å². The van der Waals surface area contributed by atoms with Crippen LogP contribution in [-0.4, -0.2) is 36.0 Å². The summed E-state index contributed by atoms with van der Waals surface area (Å²) in [6.07, 6.45) is 2.46. The van der Waals surface area contributed by atoms with Crippen LogP contribution in [0.2, 0.25) is 0 Å². The van der Waals surface area contributed by atoms with Gasteiger partial charge in [0, 0.05) is 31.8 Å². The van der Waals surface area contributed by atoms with Crippen LogP contribution in [0.15, 0.2) is 18.2 Å². The lowest BCUT2D eigenvalue weighted by Crippen LogP contribution is -2.20. The van der Waals surface area contributed by atoms with Gasteiger partial charge in [0.05, 0.1) is 4.92 Å². The number of rotatable bonds is 8. The molecule has 0 aliphatic carbocycles. The van der Waals surface area contributed by atoms with Crippen LogP contribution in [0, 0.1) is 10.1 Å². The highest BCUT2D eigenvalue weighted by Gasteiger charge is 2.18. The van der Waals surface area contributed by atoms with Gasteiger partial charge in [-0.3, -0.25) is 14.9 Å². The maximum absolute atomic E-state index is 11.3. The molecule has 6 heteroatoms. The molecule has 0 spiro atoms. The summed E-state index contributed by atoms with van der Waals surface area (Å²) in [5.74, 6) is -0.190. The molecule has 1 N–H and O–H groups in total. The molecule has 1 aromatic carbocycles. The Bertz CT molecular complexity index is 488. The summed E-state index contributed by atoms with van der Waals surface area (Å²) >= 11 is 0. The minimum absolute atomic E-state index is 0.0534. The Morgan fingerprint density at radius 1 is 1.35 bits per heavy atom. The molecule has 110 valence electrons. The largest absolute Gasteiger partial charge is 0.396 e. The molecule has 0 radical (unpaired) electrons. The Balaban J connectivity index is 2.87. The fourth-order valence-corrected chi connectivity index (χ4v) is 1.97. The second-order valence-electron chi connectivity index (χ2n) is 4.72. The maximum atomic E-state index is 11.3. The van der Waals surface area contributed by atoms with Gasteiger partial charge >= 0.3 is 0 Å². The number of carbonyl (C=O) groups excluding carboxylic acids is 1. The standard InChI is InChI=1S/C14H20N2O4/c1-11(18)12-6-7-13(14(10-12)16(19)20)15(2)8-4-3-5-9-17/h6-7,10,17H,3-5,8-9H2,1-2H3. The number of aliphatic hydroxyl groups is 1. The van der Waals surface area contributed by atoms with Crippen molar-refractivity contribution in [2.24, 2.45) is 0 Å². The van der Waals surface area contributed by atoms with Gasteiger partial charge in [0.25, 0.3) is 5.69 Å². The summed E-state index contributed by atoms with van der Waals surface area (Å²) < 4.78 is 0. The zero-order valence-electron chi connectivity index (χ0n) is 11.8. The Morgan fingerprint density at radius 3 is 2.60 bits per heavy atom. The zero-order valence-corrected chi connectivity index (χ0v) is 11.8. The lowest BCUT2D eigenvalue weighted by molar-refractivity contribution is -0.384. The SMILES string of the molecule is CC(=O)c1ccc(N(C)CCCCCO)c([N+](=O)[O-])c1. The molecule has 0 aliphatic rings. The average Bonchev–Trinajstić information content (AvgIpc) is 2.42. The summed E-state index contributed by atoms with van der Waals surface area (Å²) in [4.78, 5) is 23.7. The highest BCUT2D eigenvalue weighted by Crippen LogP contribution is 2.28. The number of hydrogen-bond donors (Lipinski definition) is 1. The lowest BCUT2D eigenvalue weighted by atomic mass is 10.1. The Kier molecular flexibility index (Phi) is 6.11. The topological polar surface area (TPSA) is 83.7 Å². The number of nitrogens with zero attached hydrogens (tertiary/aromatic N) is 2. The molecular weight excluding hydrogens is 260 g/mol. The van der Waals surface area contributed by atoms with Crippen molar-refractivity contribution in [3.8, 4) is 0 Å². The summed E-state index contributed by atoms with van der Waals surface area (Å²) in [5, 5.41) is 19.8. The summed E-state index contributed by atoms with van der Waals surface area (Å²) in [5.41, 5.74) is 0.792. The van der Waals surface area contributed by atoms with Crippen LogP contribution < -0.4 is 4.90 Å². The lowest BCUT2D eigenvalue weighted by Gasteiger charge is -2.19. The van der Waals surface area contributed by atoms with Crippen molar-refractivity contribution in [1.29, 1.82) is 0 Å². The first-order chi connectivity index (χ1) is 9.47. The van der Waals surface area contributed by atoms with Gasteiger partial charge in [0.2, 0.25) is 0 Å². The number of benzene rings is 1. The van der Waals surface area contributed by atoms with Crippen LogP contribution in [0.4, 0.5) is 11.4 Å². The van der Waals surface area contributed by atoms with E-state index in [1.807, 2.05) is 0 Å². The number of ketones is 1. The van der Waals surface area contributed by atoms with Gasteiger partial charge in [-0.15, -0.1) is 0 Å². The third-order valence-electron chi connectivity index (χ3n) is 3.14. The third kappa shape index (κ3) is 4.31. The number of nitro benzene ring substituents is 1. The minimum Gasteiger partial charge on any atom is -0.396 e. The minimum atomic E-state index is -0.466. The van der Waals surface area contributed by atoms with Crippen LogP contribution in [0.3, 0.4) is 0 Å². The normalized spacial score (nSPS) is 10.3. The van der Waals surface area contributed by atoms with Crippen LogP contribution in [-0.2, 0) is 0 Å². The predicted molar refractivity (Wildman–Crippen MR) is 77.3 cm³/mol. The fourth-order valence-electron chi connectivity index (χ4n) is 1.97. The van der Waals surface area contributed by atoms with E-state index >= 15 is 0 Å². The van der Waals surface area contributed by atoms with E-state index in [-0.39, 0.29) is 18.1 Å². The van der Waals surface area contributed by atoms with Gasteiger partial charge in [-0.1, -0.05) is 0 Å². The van der Waals surface area contributed by atoms with Gasteiger partial charge in [-0.2, -0.15) is 0 Å². The maximum Gasteiger partial charge on any atom is 0.293 e. The third-order valence-corrected chi connectivity index (χ3v) is 3.14. The molecule has 0 saturated heterocycles. The van der Waals surface area contributed by atoms with Crippen molar-refractivity contribution in [2.45, 2.75) is 26.2 Å². The molecule has 1 rings (SSSR count). The van der Waals surface area contributed by atoms with Gasteiger partial charge in [-0.25, -0.2) is 0 Å². The molecule has 20 heavy (non-hydrogen) atoms. The van der Waals surface area contributed by atoms with E-state index in [2.05, 4.69) is 0 Å².